The Labute approximate surface area is 76.3 Å². The van der Waals surface area contributed by atoms with E-state index in [1.54, 1.807) is 6.07 Å². The standard InChI is InChI=1S/C7H12N4O2/c1-2-3-4-13-11-6(5-8)7(9)10-12/h12H,2-4H2,1H3,(H2,9,10)/b11-6-. The van der Waals surface area contributed by atoms with Gasteiger partial charge in [-0.1, -0.05) is 23.7 Å². The molecule has 0 aliphatic rings. The summed E-state index contributed by atoms with van der Waals surface area (Å²) < 4.78 is 0. The second-order valence-electron chi connectivity index (χ2n) is 2.22. The molecule has 0 aromatic heterocycles. The third-order valence-corrected chi connectivity index (χ3v) is 1.20. The van der Waals surface area contributed by atoms with Gasteiger partial charge < -0.3 is 15.8 Å². The molecule has 0 fully saturated rings. The number of rotatable bonds is 5. The SMILES string of the molecule is CCCCO/N=C(C#N)\C(N)=N/O. The lowest BCUT2D eigenvalue weighted by molar-refractivity contribution is 0.142. The van der Waals surface area contributed by atoms with E-state index in [1.165, 1.54) is 0 Å². The minimum atomic E-state index is -0.348. The van der Waals surface area contributed by atoms with E-state index in [-0.39, 0.29) is 11.5 Å². The third-order valence-electron chi connectivity index (χ3n) is 1.20. The van der Waals surface area contributed by atoms with Crippen LogP contribution in [0.5, 0.6) is 0 Å². The van der Waals surface area contributed by atoms with E-state index in [9.17, 15) is 0 Å². The molecule has 6 nitrogen and oxygen atoms in total. The van der Waals surface area contributed by atoms with Gasteiger partial charge in [0.15, 0.2) is 0 Å². The number of amidine groups is 1. The first kappa shape index (κ1) is 11.2. The van der Waals surface area contributed by atoms with Crippen molar-refractivity contribution in [2.45, 2.75) is 19.8 Å². The predicted octanol–water partition coefficient (Wildman–Crippen LogP) is 0.429. The van der Waals surface area contributed by atoms with E-state index in [4.69, 9.17) is 21.0 Å². The molecule has 0 saturated carbocycles. The number of nitriles is 1. The van der Waals surface area contributed by atoms with Crippen molar-refractivity contribution in [1.82, 2.24) is 0 Å². The molecule has 72 valence electrons. The van der Waals surface area contributed by atoms with Crippen molar-refractivity contribution < 1.29 is 10.0 Å². The summed E-state index contributed by atoms with van der Waals surface area (Å²) in [7, 11) is 0. The van der Waals surface area contributed by atoms with Gasteiger partial charge in [-0.25, -0.2) is 0 Å². The minimum absolute atomic E-state index is 0.224. The summed E-state index contributed by atoms with van der Waals surface area (Å²) >= 11 is 0. The van der Waals surface area contributed by atoms with E-state index in [1.807, 2.05) is 6.92 Å². The molecular weight excluding hydrogens is 172 g/mol. The van der Waals surface area contributed by atoms with Crippen molar-refractivity contribution in [1.29, 1.82) is 5.26 Å². The van der Waals surface area contributed by atoms with Crippen LogP contribution in [-0.4, -0.2) is 23.4 Å². The highest BCUT2D eigenvalue weighted by molar-refractivity contribution is 6.46. The maximum Gasteiger partial charge on any atom is 0.224 e. The van der Waals surface area contributed by atoms with Crippen LogP contribution < -0.4 is 5.73 Å². The minimum Gasteiger partial charge on any atom is -0.409 e. The second kappa shape index (κ2) is 6.91. The molecule has 0 aromatic carbocycles. The van der Waals surface area contributed by atoms with E-state index in [0.717, 1.165) is 12.8 Å². The normalized spacial score (nSPS) is 12.3. The lowest BCUT2D eigenvalue weighted by Crippen LogP contribution is -2.22. The number of hydrogen-bond donors (Lipinski definition) is 2. The fraction of sp³-hybridized carbons (Fsp3) is 0.571. The lowest BCUT2D eigenvalue weighted by Gasteiger charge is -1.97. The van der Waals surface area contributed by atoms with Crippen molar-refractivity contribution in [2.75, 3.05) is 6.61 Å². The quantitative estimate of drug-likeness (QED) is 0.212. The van der Waals surface area contributed by atoms with Gasteiger partial charge in [-0.05, 0) is 6.42 Å². The number of oxime groups is 2. The molecule has 6 heteroatoms. The highest BCUT2D eigenvalue weighted by Crippen LogP contribution is 1.89. The molecule has 0 unspecified atom stereocenters. The Morgan fingerprint density at radius 3 is 2.85 bits per heavy atom. The first-order chi connectivity index (χ1) is 6.26. The van der Waals surface area contributed by atoms with Gasteiger partial charge >= 0.3 is 0 Å². The number of nitrogens with two attached hydrogens (primary N) is 1. The van der Waals surface area contributed by atoms with Crippen LogP contribution in [0.25, 0.3) is 0 Å². The van der Waals surface area contributed by atoms with Crippen LogP contribution in [0.15, 0.2) is 10.3 Å². The topological polar surface area (TPSA) is 104 Å². The summed E-state index contributed by atoms with van der Waals surface area (Å²) in [6, 6.07) is 1.64. The first-order valence-electron chi connectivity index (χ1n) is 3.84. The van der Waals surface area contributed by atoms with Gasteiger partial charge in [-0.15, -0.1) is 0 Å². The van der Waals surface area contributed by atoms with Gasteiger partial charge in [-0.2, -0.15) is 5.26 Å². The van der Waals surface area contributed by atoms with Crippen LogP contribution in [0.2, 0.25) is 0 Å². The van der Waals surface area contributed by atoms with Crippen molar-refractivity contribution in [3.05, 3.63) is 0 Å². The van der Waals surface area contributed by atoms with E-state index in [2.05, 4.69) is 10.3 Å². The fourth-order valence-corrected chi connectivity index (χ4v) is 0.491. The Morgan fingerprint density at radius 1 is 1.69 bits per heavy atom. The Kier molecular flexibility index (Phi) is 5.97. The number of unbranched alkanes of at least 4 members (excludes halogenated alkanes) is 1. The highest BCUT2D eigenvalue weighted by Gasteiger charge is 2.04. The van der Waals surface area contributed by atoms with Crippen LogP contribution in [0, 0.1) is 11.3 Å². The summed E-state index contributed by atoms with van der Waals surface area (Å²) in [5.74, 6) is -0.348. The Balaban J connectivity index is 4.03. The van der Waals surface area contributed by atoms with Gasteiger partial charge in [0.05, 0.1) is 0 Å². The summed E-state index contributed by atoms with van der Waals surface area (Å²) in [5.41, 5.74) is 4.89. The van der Waals surface area contributed by atoms with Crippen LogP contribution in [0.3, 0.4) is 0 Å². The predicted molar refractivity (Wildman–Crippen MR) is 47.3 cm³/mol. The zero-order chi connectivity index (χ0) is 10.1. The zero-order valence-electron chi connectivity index (χ0n) is 7.40. The molecule has 0 aliphatic heterocycles. The maximum atomic E-state index is 8.45. The second-order valence-corrected chi connectivity index (χ2v) is 2.22. The van der Waals surface area contributed by atoms with Crippen molar-refractivity contribution in [2.24, 2.45) is 16.0 Å². The molecule has 0 bridgehead atoms. The summed E-state index contributed by atoms with van der Waals surface area (Å²) in [5, 5.41) is 22.7. The maximum absolute atomic E-state index is 8.45. The summed E-state index contributed by atoms with van der Waals surface area (Å²) in [6.07, 6.45) is 1.82. The number of nitrogens with zero attached hydrogens (tertiary/aromatic N) is 3. The Hall–Kier alpha value is -1.77. The van der Waals surface area contributed by atoms with Crippen LogP contribution in [-0.2, 0) is 4.84 Å². The van der Waals surface area contributed by atoms with Gasteiger partial charge in [0, 0.05) is 0 Å². The molecule has 0 radical (unpaired) electrons. The average Bonchev–Trinajstić information content (AvgIpc) is 2.17. The van der Waals surface area contributed by atoms with E-state index in [0.29, 0.717) is 6.61 Å². The first-order valence-corrected chi connectivity index (χ1v) is 3.84. The molecular formula is C7H12N4O2. The molecule has 13 heavy (non-hydrogen) atoms. The van der Waals surface area contributed by atoms with Crippen molar-refractivity contribution in [3.63, 3.8) is 0 Å². The lowest BCUT2D eigenvalue weighted by atomic mass is 10.4. The third kappa shape index (κ3) is 4.63. The van der Waals surface area contributed by atoms with Crippen molar-refractivity contribution in [3.8, 4) is 6.07 Å². The molecule has 0 aliphatic carbocycles. The highest BCUT2D eigenvalue weighted by atomic mass is 16.6. The molecule has 0 aromatic rings. The zero-order valence-corrected chi connectivity index (χ0v) is 7.40. The molecule has 0 amide bonds. The molecule has 0 saturated heterocycles. The van der Waals surface area contributed by atoms with Crippen molar-refractivity contribution >= 4 is 11.5 Å². The van der Waals surface area contributed by atoms with E-state index < -0.39 is 0 Å². The number of hydrogen-bond acceptors (Lipinski definition) is 5. The molecule has 3 N–H and O–H groups in total. The summed E-state index contributed by atoms with van der Waals surface area (Å²) in [6.45, 7) is 2.42. The molecule has 0 rings (SSSR count). The van der Waals surface area contributed by atoms with Crippen LogP contribution >= 0.6 is 0 Å². The fourth-order valence-electron chi connectivity index (χ4n) is 0.491. The van der Waals surface area contributed by atoms with Gasteiger partial charge in [0.25, 0.3) is 0 Å². The average molecular weight is 184 g/mol. The molecule has 0 spiro atoms. The van der Waals surface area contributed by atoms with Gasteiger partial charge in [0.2, 0.25) is 11.5 Å². The van der Waals surface area contributed by atoms with E-state index >= 15 is 0 Å². The van der Waals surface area contributed by atoms with Gasteiger partial charge in [-0.3, -0.25) is 0 Å². The van der Waals surface area contributed by atoms with Crippen LogP contribution in [0.1, 0.15) is 19.8 Å². The summed E-state index contributed by atoms with van der Waals surface area (Å²) in [4.78, 5) is 4.74. The van der Waals surface area contributed by atoms with Gasteiger partial charge in [0.1, 0.15) is 12.7 Å². The van der Waals surface area contributed by atoms with Crippen LogP contribution in [0.4, 0.5) is 0 Å². The smallest absolute Gasteiger partial charge is 0.224 e. The Morgan fingerprint density at radius 2 is 2.38 bits per heavy atom. The molecule has 0 heterocycles. The largest absolute Gasteiger partial charge is 0.409 e. The Bertz CT molecular complexity index is 241. The monoisotopic (exact) mass is 184 g/mol. The molecule has 0 atom stereocenters.